The maximum atomic E-state index is 13.5. The van der Waals surface area contributed by atoms with Crippen molar-refractivity contribution in [1.29, 1.82) is 0 Å². The first kappa shape index (κ1) is 9.63. The number of rotatable bonds is 0. The Morgan fingerprint density at radius 3 is 2.71 bits per heavy atom. The van der Waals surface area contributed by atoms with Crippen molar-refractivity contribution < 1.29 is 8.78 Å². The summed E-state index contributed by atoms with van der Waals surface area (Å²) in [7, 11) is 0. The highest BCUT2D eigenvalue weighted by Crippen LogP contribution is 2.30. The van der Waals surface area contributed by atoms with Gasteiger partial charge in [0.25, 0.3) is 0 Å². The predicted molar refractivity (Wildman–Crippen MR) is 52.3 cm³/mol. The van der Waals surface area contributed by atoms with Gasteiger partial charge in [-0.15, -0.1) is 0 Å². The molecule has 0 nitrogen and oxygen atoms in total. The van der Waals surface area contributed by atoms with E-state index in [-0.39, 0.29) is 0 Å². The first-order chi connectivity index (χ1) is 6.59. The van der Waals surface area contributed by atoms with E-state index in [1.54, 1.807) is 0 Å². The fraction of sp³-hybridized carbons (Fsp3) is 0.500. The van der Waals surface area contributed by atoms with Gasteiger partial charge < -0.3 is 0 Å². The molecule has 2 heteroatoms. The highest BCUT2D eigenvalue weighted by atomic mass is 19.2. The SMILES string of the molecule is Cc1cc(F)c(F)c2c1CC[C@@H](C)C2. The van der Waals surface area contributed by atoms with Crippen LogP contribution in [0.2, 0.25) is 0 Å². The van der Waals surface area contributed by atoms with Crippen molar-refractivity contribution in [2.45, 2.75) is 33.1 Å². The lowest BCUT2D eigenvalue weighted by atomic mass is 9.82. The molecule has 0 saturated carbocycles. The molecule has 2 rings (SSSR count). The molecule has 0 aliphatic heterocycles. The summed E-state index contributed by atoms with van der Waals surface area (Å²) in [4.78, 5) is 0. The average molecular weight is 196 g/mol. The molecule has 1 aromatic rings. The van der Waals surface area contributed by atoms with Crippen molar-refractivity contribution in [3.8, 4) is 0 Å². The van der Waals surface area contributed by atoms with Gasteiger partial charge in [-0.05, 0) is 54.9 Å². The van der Waals surface area contributed by atoms with E-state index in [4.69, 9.17) is 0 Å². The lowest BCUT2D eigenvalue weighted by molar-refractivity contribution is 0.448. The summed E-state index contributed by atoms with van der Waals surface area (Å²) in [5, 5.41) is 0. The van der Waals surface area contributed by atoms with Gasteiger partial charge in [0.1, 0.15) is 0 Å². The van der Waals surface area contributed by atoms with Crippen LogP contribution in [0.25, 0.3) is 0 Å². The van der Waals surface area contributed by atoms with Crippen LogP contribution in [0.15, 0.2) is 6.07 Å². The summed E-state index contributed by atoms with van der Waals surface area (Å²) >= 11 is 0. The fourth-order valence-corrected chi connectivity index (χ4v) is 2.26. The number of hydrogen-bond donors (Lipinski definition) is 0. The minimum absolute atomic E-state index is 0.471. The molecular formula is C12H14F2. The largest absolute Gasteiger partial charge is 0.204 e. The van der Waals surface area contributed by atoms with Crippen molar-refractivity contribution >= 4 is 0 Å². The van der Waals surface area contributed by atoms with Crippen LogP contribution >= 0.6 is 0 Å². The van der Waals surface area contributed by atoms with Crippen LogP contribution in [0, 0.1) is 24.5 Å². The number of benzene rings is 1. The van der Waals surface area contributed by atoms with Crippen molar-refractivity contribution in [1.82, 2.24) is 0 Å². The molecule has 1 aliphatic carbocycles. The van der Waals surface area contributed by atoms with Crippen LogP contribution in [0.3, 0.4) is 0 Å². The summed E-state index contributed by atoms with van der Waals surface area (Å²) in [5.41, 5.74) is 2.54. The van der Waals surface area contributed by atoms with E-state index in [1.807, 2.05) is 6.92 Å². The maximum absolute atomic E-state index is 13.5. The van der Waals surface area contributed by atoms with Gasteiger partial charge in [-0.2, -0.15) is 0 Å². The van der Waals surface area contributed by atoms with E-state index in [9.17, 15) is 8.78 Å². The van der Waals surface area contributed by atoms with Crippen LogP contribution in [-0.4, -0.2) is 0 Å². The van der Waals surface area contributed by atoms with Gasteiger partial charge in [0.15, 0.2) is 11.6 Å². The Kier molecular flexibility index (Phi) is 2.30. The summed E-state index contributed by atoms with van der Waals surface area (Å²) in [6.45, 7) is 3.94. The second-order valence-corrected chi connectivity index (χ2v) is 4.29. The highest BCUT2D eigenvalue weighted by Gasteiger charge is 2.22. The maximum Gasteiger partial charge on any atom is 0.162 e. The molecule has 0 fully saturated rings. The third-order valence-electron chi connectivity index (χ3n) is 3.10. The van der Waals surface area contributed by atoms with E-state index in [1.165, 1.54) is 6.07 Å². The van der Waals surface area contributed by atoms with Crippen LogP contribution in [0.1, 0.15) is 30.0 Å². The molecule has 1 atom stereocenters. The van der Waals surface area contributed by atoms with Crippen molar-refractivity contribution in [2.24, 2.45) is 5.92 Å². The number of aryl methyl sites for hydroxylation is 1. The molecule has 0 radical (unpaired) electrons. The van der Waals surface area contributed by atoms with Gasteiger partial charge in [-0.1, -0.05) is 6.92 Å². The summed E-state index contributed by atoms with van der Waals surface area (Å²) in [5.74, 6) is -0.856. The quantitative estimate of drug-likeness (QED) is 0.596. The standard InChI is InChI=1S/C12H14F2/c1-7-3-4-9-8(2)6-11(13)12(14)10(9)5-7/h6-7H,3-5H2,1-2H3/t7-/m1/s1. The second kappa shape index (κ2) is 3.34. The first-order valence-corrected chi connectivity index (χ1v) is 5.06. The number of halogens is 2. The minimum atomic E-state index is -0.699. The van der Waals surface area contributed by atoms with Gasteiger partial charge in [-0.25, -0.2) is 8.78 Å². The molecule has 0 amide bonds. The molecule has 0 saturated heterocycles. The Labute approximate surface area is 82.9 Å². The second-order valence-electron chi connectivity index (χ2n) is 4.29. The zero-order chi connectivity index (χ0) is 10.3. The van der Waals surface area contributed by atoms with Gasteiger partial charge in [-0.3, -0.25) is 0 Å². The Morgan fingerprint density at radius 2 is 2.00 bits per heavy atom. The van der Waals surface area contributed by atoms with Crippen molar-refractivity contribution in [2.75, 3.05) is 0 Å². The molecule has 14 heavy (non-hydrogen) atoms. The van der Waals surface area contributed by atoms with E-state index < -0.39 is 11.6 Å². The molecule has 0 bridgehead atoms. The number of fused-ring (bicyclic) bond motifs is 1. The predicted octanol–water partition coefficient (Wildman–Crippen LogP) is 3.40. The summed E-state index contributed by atoms with van der Waals surface area (Å²) in [6, 6.07) is 1.31. The molecule has 0 aromatic heterocycles. The Morgan fingerprint density at radius 1 is 1.29 bits per heavy atom. The molecular weight excluding hydrogens is 182 g/mol. The van der Waals surface area contributed by atoms with Crippen LogP contribution in [0.4, 0.5) is 8.78 Å². The summed E-state index contributed by atoms with van der Waals surface area (Å²) < 4.78 is 26.6. The van der Waals surface area contributed by atoms with Crippen LogP contribution < -0.4 is 0 Å². The minimum Gasteiger partial charge on any atom is -0.204 e. The molecule has 76 valence electrons. The van der Waals surface area contributed by atoms with Gasteiger partial charge in [0.05, 0.1) is 0 Å². The topological polar surface area (TPSA) is 0 Å². The van der Waals surface area contributed by atoms with Gasteiger partial charge >= 0.3 is 0 Å². The van der Waals surface area contributed by atoms with E-state index >= 15 is 0 Å². The zero-order valence-corrected chi connectivity index (χ0v) is 8.53. The van der Waals surface area contributed by atoms with E-state index in [0.717, 1.165) is 24.0 Å². The van der Waals surface area contributed by atoms with Crippen LogP contribution in [-0.2, 0) is 12.8 Å². The van der Waals surface area contributed by atoms with E-state index in [2.05, 4.69) is 6.92 Å². The van der Waals surface area contributed by atoms with Crippen LogP contribution in [0.5, 0.6) is 0 Å². The normalized spacial score (nSPS) is 20.7. The van der Waals surface area contributed by atoms with Crippen molar-refractivity contribution in [3.63, 3.8) is 0 Å². The highest BCUT2D eigenvalue weighted by molar-refractivity contribution is 5.38. The molecule has 1 aliphatic rings. The van der Waals surface area contributed by atoms with Gasteiger partial charge in [0.2, 0.25) is 0 Å². The summed E-state index contributed by atoms with van der Waals surface area (Å²) in [6.07, 6.45) is 2.65. The zero-order valence-electron chi connectivity index (χ0n) is 8.53. The molecule has 0 spiro atoms. The van der Waals surface area contributed by atoms with Crippen molar-refractivity contribution in [3.05, 3.63) is 34.4 Å². The molecule has 0 N–H and O–H groups in total. The molecule has 0 heterocycles. The third kappa shape index (κ3) is 1.43. The lowest BCUT2D eigenvalue weighted by Crippen LogP contribution is -2.15. The Balaban J connectivity index is 2.57. The first-order valence-electron chi connectivity index (χ1n) is 5.06. The lowest BCUT2D eigenvalue weighted by Gasteiger charge is -2.23. The third-order valence-corrected chi connectivity index (χ3v) is 3.10. The monoisotopic (exact) mass is 196 g/mol. The smallest absolute Gasteiger partial charge is 0.162 e. The van der Waals surface area contributed by atoms with Gasteiger partial charge in [0, 0.05) is 0 Å². The molecule has 0 unspecified atom stereocenters. The Bertz CT molecular complexity index is 369. The molecule has 1 aromatic carbocycles. The number of hydrogen-bond acceptors (Lipinski definition) is 0. The van der Waals surface area contributed by atoms with E-state index in [0.29, 0.717) is 17.9 Å². The Hall–Kier alpha value is -0.920. The average Bonchev–Trinajstić information content (AvgIpc) is 2.14. The fourth-order valence-electron chi connectivity index (χ4n) is 2.26.